The molecule has 0 unspecified atom stereocenters. The van der Waals surface area contributed by atoms with Crippen molar-refractivity contribution in [1.82, 2.24) is 29.4 Å². The van der Waals surface area contributed by atoms with Gasteiger partial charge in [0.1, 0.15) is 0 Å². The van der Waals surface area contributed by atoms with Crippen LogP contribution < -0.4 is 5.56 Å². The monoisotopic (exact) mass is 468 g/mol. The van der Waals surface area contributed by atoms with E-state index in [0.717, 1.165) is 15.6 Å². The number of halogens is 1. The van der Waals surface area contributed by atoms with Gasteiger partial charge in [0.05, 0.1) is 22.2 Å². The van der Waals surface area contributed by atoms with E-state index in [1.807, 2.05) is 46.9 Å². The molecule has 144 valence electrons. The van der Waals surface area contributed by atoms with Crippen LogP contribution in [0.25, 0.3) is 28.1 Å². The summed E-state index contributed by atoms with van der Waals surface area (Å²) in [7, 11) is 1.69. The van der Waals surface area contributed by atoms with Gasteiger partial charge < -0.3 is 4.42 Å². The van der Waals surface area contributed by atoms with Crippen molar-refractivity contribution in [2.24, 2.45) is 7.05 Å². The quantitative estimate of drug-likeness (QED) is 0.371. The molecule has 5 aromatic rings. The molecule has 0 saturated heterocycles. The Balaban J connectivity index is 1.50. The summed E-state index contributed by atoms with van der Waals surface area (Å²) in [5, 5.41) is 18.0. The number of hydrogen-bond donors (Lipinski definition) is 0. The summed E-state index contributed by atoms with van der Waals surface area (Å²) in [6, 6.07) is 15.1. The summed E-state index contributed by atoms with van der Waals surface area (Å²) in [5.41, 5.74) is 1.50. The molecule has 0 atom stereocenters. The second-order valence-corrected chi connectivity index (χ2v) is 8.07. The minimum Gasteiger partial charge on any atom is -0.420 e. The van der Waals surface area contributed by atoms with Crippen LogP contribution in [0.3, 0.4) is 0 Å². The van der Waals surface area contributed by atoms with E-state index in [2.05, 4.69) is 36.3 Å². The molecule has 10 heteroatoms. The third kappa shape index (κ3) is 3.04. The van der Waals surface area contributed by atoms with Gasteiger partial charge in [-0.2, -0.15) is 0 Å². The first-order valence-electron chi connectivity index (χ1n) is 8.66. The van der Waals surface area contributed by atoms with Crippen molar-refractivity contribution in [3.05, 3.63) is 69.2 Å². The third-order valence-corrected chi connectivity index (χ3v) is 6.10. The van der Waals surface area contributed by atoms with Gasteiger partial charge in [0, 0.05) is 11.5 Å². The molecule has 0 aliphatic heterocycles. The zero-order chi connectivity index (χ0) is 20.0. The lowest BCUT2D eigenvalue weighted by molar-refractivity contribution is 0.528. The minimum atomic E-state index is -0.105. The highest BCUT2D eigenvalue weighted by Crippen LogP contribution is 2.29. The van der Waals surface area contributed by atoms with E-state index in [1.54, 1.807) is 13.1 Å². The maximum Gasteiger partial charge on any atom is 0.262 e. The lowest BCUT2D eigenvalue weighted by atomic mass is 10.2. The molecular formula is C19H13BrN6O2S. The van der Waals surface area contributed by atoms with Crippen molar-refractivity contribution in [2.45, 2.75) is 10.9 Å². The molecule has 0 amide bonds. The molecule has 29 heavy (non-hydrogen) atoms. The van der Waals surface area contributed by atoms with Crippen LogP contribution in [-0.2, 0) is 12.8 Å². The third-order valence-electron chi connectivity index (χ3n) is 4.49. The number of rotatable bonds is 4. The molecule has 0 radical (unpaired) electrons. The summed E-state index contributed by atoms with van der Waals surface area (Å²) >= 11 is 4.91. The Morgan fingerprint density at radius 1 is 1.03 bits per heavy atom. The molecular weight excluding hydrogens is 456 g/mol. The van der Waals surface area contributed by atoms with E-state index in [1.165, 1.54) is 16.3 Å². The Bertz CT molecular complexity index is 1420. The second-order valence-electron chi connectivity index (χ2n) is 6.27. The molecule has 3 aromatic heterocycles. The second kappa shape index (κ2) is 7.12. The van der Waals surface area contributed by atoms with Gasteiger partial charge in [0.2, 0.25) is 17.6 Å². The molecule has 0 N–H and O–H groups in total. The maximum absolute atomic E-state index is 12.5. The first-order valence-corrected chi connectivity index (χ1v) is 10.4. The van der Waals surface area contributed by atoms with Crippen LogP contribution >= 0.6 is 27.7 Å². The fourth-order valence-corrected chi connectivity index (χ4v) is 4.32. The molecule has 0 fully saturated rings. The van der Waals surface area contributed by atoms with Crippen LogP contribution in [0, 0.1) is 0 Å². The number of nitrogens with zero attached hydrogens (tertiary/aromatic N) is 6. The maximum atomic E-state index is 12.5. The van der Waals surface area contributed by atoms with E-state index in [4.69, 9.17) is 4.42 Å². The standard InChI is InChI=1S/C19H13BrN6O2S/c1-25-17(27)12-7-3-5-9-14(12)26-18(25)23-24-19(26)29-10-15-21-22-16(28-15)11-6-2-4-8-13(11)20/h2-9H,10H2,1H3. The molecule has 5 rings (SSSR count). The number of aromatic nitrogens is 6. The van der Waals surface area contributed by atoms with Gasteiger partial charge in [-0.3, -0.25) is 13.8 Å². The highest BCUT2D eigenvalue weighted by molar-refractivity contribution is 9.10. The highest BCUT2D eigenvalue weighted by atomic mass is 79.9. The van der Waals surface area contributed by atoms with Crippen LogP contribution in [0.5, 0.6) is 0 Å². The number of hydrogen-bond acceptors (Lipinski definition) is 7. The van der Waals surface area contributed by atoms with Gasteiger partial charge >= 0.3 is 0 Å². The average Bonchev–Trinajstić information content (AvgIpc) is 3.38. The molecule has 0 saturated carbocycles. The number of aryl methyl sites for hydroxylation is 1. The van der Waals surface area contributed by atoms with E-state index in [9.17, 15) is 4.79 Å². The van der Waals surface area contributed by atoms with Crippen LogP contribution in [0.1, 0.15) is 5.89 Å². The lowest BCUT2D eigenvalue weighted by Gasteiger charge is -2.06. The van der Waals surface area contributed by atoms with Crippen molar-refractivity contribution in [2.75, 3.05) is 0 Å². The predicted molar refractivity (Wildman–Crippen MR) is 113 cm³/mol. The molecule has 0 bridgehead atoms. The minimum absolute atomic E-state index is 0.105. The fourth-order valence-electron chi connectivity index (χ4n) is 3.09. The van der Waals surface area contributed by atoms with Gasteiger partial charge in [-0.25, -0.2) is 0 Å². The Hall–Kier alpha value is -2.98. The summed E-state index contributed by atoms with van der Waals surface area (Å²) in [6.07, 6.45) is 0. The van der Waals surface area contributed by atoms with Crippen LogP contribution in [0.4, 0.5) is 0 Å². The fraction of sp³-hybridized carbons (Fsp3) is 0.105. The van der Waals surface area contributed by atoms with E-state index in [-0.39, 0.29) is 5.56 Å². The van der Waals surface area contributed by atoms with Gasteiger partial charge in [-0.1, -0.05) is 36.0 Å². The summed E-state index contributed by atoms with van der Waals surface area (Å²) in [4.78, 5) is 12.5. The number of thioether (sulfide) groups is 1. The molecule has 0 aliphatic rings. The van der Waals surface area contributed by atoms with Crippen molar-refractivity contribution >= 4 is 44.4 Å². The number of fused-ring (bicyclic) bond motifs is 3. The normalized spacial score (nSPS) is 11.5. The SMILES string of the molecule is Cn1c(=O)c2ccccc2n2c(SCc3nnc(-c4ccccc4Br)o3)nnc12. The Morgan fingerprint density at radius 3 is 2.69 bits per heavy atom. The summed E-state index contributed by atoms with van der Waals surface area (Å²) in [5.74, 6) is 1.84. The van der Waals surface area contributed by atoms with Crippen molar-refractivity contribution in [3.63, 3.8) is 0 Å². The van der Waals surface area contributed by atoms with Crippen molar-refractivity contribution in [1.29, 1.82) is 0 Å². The van der Waals surface area contributed by atoms with Gasteiger partial charge in [0.15, 0.2) is 5.16 Å². The van der Waals surface area contributed by atoms with Crippen LogP contribution in [-0.4, -0.2) is 29.4 Å². The Morgan fingerprint density at radius 2 is 1.83 bits per heavy atom. The van der Waals surface area contributed by atoms with Gasteiger partial charge in [0.25, 0.3) is 5.56 Å². The summed E-state index contributed by atoms with van der Waals surface area (Å²) in [6.45, 7) is 0. The Kier molecular flexibility index (Phi) is 4.44. The first kappa shape index (κ1) is 18.1. The van der Waals surface area contributed by atoms with Crippen LogP contribution in [0.15, 0.2) is 67.4 Å². The van der Waals surface area contributed by atoms with E-state index >= 15 is 0 Å². The average molecular weight is 469 g/mol. The lowest BCUT2D eigenvalue weighted by Crippen LogP contribution is -2.20. The van der Waals surface area contributed by atoms with Crippen molar-refractivity contribution < 1.29 is 4.42 Å². The zero-order valence-electron chi connectivity index (χ0n) is 15.1. The Labute approximate surface area is 176 Å². The van der Waals surface area contributed by atoms with E-state index < -0.39 is 0 Å². The van der Waals surface area contributed by atoms with Gasteiger partial charge in [-0.15, -0.1) is 20.4 Å². The van der Waals surface area contributed by atoms with Crippen molar-refractivity contribution in [3.8, 4) is 11.5 Å². The smallest absolute Gasteiger partial charge is 0.262 e. The topological polar surface area (TPSA) is 91.1 Å². The molecule has 0 spiro atoms. The largest absolute Gasteiger partial charge is 0.420 e. The summed E-state index contributed by atoms with van der Waals surface area (Å²) < 4.78 is 10.1. The van der Waals surface area contributed by atoms with E-state index in [0.29, 0.717) is 33.9 Å². The first-order chi connectivity index (χ1) is 14.1. The highest BCUT2D eigenvalue weighted by Gasteiger charge is 2.17. The molecule has 3 heterocycles. The molecule has 0 aliphatic carbocycles. The van der Waals surface area contributed by atoms with Gasteiger partial charge in [-0.05, 0) is 40.2 Å². The number of benzene rings is 2. The molecule has 8 nitrogen and oxygen atoms in total. The molecule has 2 aromatic carbocycles. The predicted octanol–water partition coefficient (Wildman–Crippen LogP) is 3.69. The zero-order valence-corrected chi connectivity index (χ0v) is 17.5. The number of para-hydroxylation sites is 1. The van der Waals surface area contributed by atoms with Crippen LogP contribution in [0.2, 0.25) is 0 Å².